The van der Waals surface area contributed by atoms with Crippen molar-refractivity contribution in [3.63, 3.8) is 0 Å². The summed E-state index contributed by atoms with van der Waals surface area (Å²) >= 11 is 0. The lowest BCUT2D eigenvalue weighted by Crippen LogP contribution is -2.03. The number of nitrogens with zero attached hydrogens (tertiary/aromatic N) is 3. The fraction of sp³-hybridized carbons (Fsp3) is 0.429. The van der Waals surface area contributed by atoms with Gasteiger partial charge in [0.15, 0.2) is 5.82 Å². The van der Waals surface area contributed by atoms with E-state index in [1.54, 1.807) is 0 Å². The van der Waals surface area contributed by atoms with Crippen LogP contribution >= 0.6 is 0 Å². The van der Waals surface area contributed by atoms with Gasteiger partial charge < -0.3 is 0 Å². The first-order chi connectivity index (χ1) is 8.42. The van der Waals surface area contributed by atoms with Crippen molar-refractivity contribution in [1.29, 1.82) is 0 Å². The molecule has 2 aromatic rings. The predicted octanol–water partition coefficient (Wildman–Crippen LogP) is 3.02. The third-order valence-corrected chi connectivity index (χ3v) is 3.61. The summed E-state index contributed by atoms with van der Waals surface area (Å²) in [7, 11) is 0. The van der Waals surface area contributed by atoms with Crippen molar-refractivity contribution in [2.75, 3.05) is 0 Å². The van der Waals surface area contributed by atoms with E-state index < -0.39 is 0 Å². The zero-order chi connectivity index (χ0) is 11.2. The van der Waals surface area contributed by atoms with Crippen molar-refractivity contribution in [2.45, 2.75) is 37.5 Å². The smallest absolute Gasteiger partial charge is 0.153 e. The van der Waals surface area contributed by atoms with Gasteiger partial charge in [0.05, 0.1) is 5.69 Å². The highest BCUT2D eigenvalue weighted by Gasteiger charge is 2.33. The van der Waals surface area contributed by atoms with Crippen LogP contribution in [0.1, 0.15) is 48.9 Å². The Hall–Kier alpha value is -1.64. The number of hydrogen-bond acceptors (Lipinski definition) is 2. The fourth-order valence-corrected chi connectivity index (χ4v) is 2.33. The summed E-state index contributed by atoms with van der Waals surface area (Å²) in [6.45, 7) is 0. The molecule has 2 aliphatic carbocycles. The lowest BCUT2D eigenvalue weighted by Gasteiger charge is -2.04. The van der Waals surface area contributed by atoms with Gasteiger partial charge in [0.25, 0.3) is 0 Å². The van der Waals surface area contributed by atoms with Crippen LogP contribution in [0.4, 0.5) is 0 Å². The first-order valence-electron chi connectivity index (χ1n) is 6.43. The Labute approximate surface area is 100 Å². The Balaban J connectivity index is 1.82. The second-order valence-corrected chi connectivity index (χ2v) is 5.14. The second kappa shape index (κ2) is 3.42. The molecule has 0 aromatic carbocycles. The van der Waals surface area contributed by atoms with Gasteiger partial charge in [-0.1, -0.05) is 6.07 Å². The predicted molar refractivity (Wildman–Crippen MR) is 65.3 cm³/mol. The molecule has 2 aromatic heterocycles. The standard InChI is InChI=1S/C14H15N3/c1-2-8-15-14(3-1)17-13(11-6-7-11)9-12(16-17)10-4-5-10/h1-3,8-11H,4-7H2. The Morgan fingerprint density at radius 2 is 1.88 bits per heavy atom. The van der Waals surface area contributed by atoms with Gasteiger partial charge in [-0.25, -0.2) is 9.67 Å². The second-order valence-electron chi connectivity index (χ2n) is 5.14. The van der Waals surface area contributed by atoms with E-state index in [0.717, 1.165) is 17.7 Å². The zero-order valence-electron chi connectivity index (χ0n) is 9.71. The summed E-state index contributed by atoms with van der Waals surface area (Å²) < 4.78 is 2.06. The first kappa shape index (κ1) is 9.40. The lowest BCUT2D eigenvalue weighted by molar-refractivity contribution is 0.766. The van der Waals surface area contributed by atoms with E-state index in [4.69, 9.17) is 5.10 Å². The van der Waals surface area contributed by atoms with E-state index in [1.165, 1.54) is 37.1 Å². The van der Waals surface area contributed by atoms with Crippen molar-refractivity contribution >= 4 is 0 Å². The molecule has 0 atom stereocenters. The zero-order valence-corrected chi connectivity index (χ0v) is 9.71. The van der Waals surface area contributed by atoms with Gasteiger partial charge >= 0.3 is 0 Å². The molecule has 17 heavy (non-hydrogen) atoms. The highest BCUT2D eigenvalue weighted by Crippen LogP contribution is 2.45. The molecule has 3 nitrogen and oxygen atoms in total. The summed E-state index contributed by atoms with van der Waals surface area (Å²) in [5.41, 5.74) is 2.64. The summed E-state index contributed by atoms with van der Waals surface area (Å²) in [5, 5.41) is 4.76. The highest BCUT2D eigenvalue weighted by atomic mass is 15.3. The van der Waals surface area contributed by atoms with Crippen LogP contribution in [0.25, 0.3) is 5.82 Å². The Morgan fingerprint density at radius 1 is 1.06 bits per heavy atom. The molecule has 4 rings (SSSR count). The quantitative estimate of drug-likeness (QED) is 0.803. The van der Waals surface area contributed by atoms with Crippen molar-refractivity contribution < 1.29 is 0 Å². The maximum absolute atomic E-state index is 4.76. The van der Waals surface area contributed by atoms with E-state index in [2.05, 4.69) is 15.7 Å². The van der Waals surface area contributed by atoms with E-state index in [0.29, 0.717) is 0 Å². The minimum absolute atomic E-state index is 0.719. The molecule has 0 saturated heterocycles. The van der Waals surface area contributed by atoms with E-state index >= 15 is 0 Å². The molecule has 2 heterocycles. The van der Waals surface area contributed by atoms with Gasteiger partial charge in [0.2, 0.25) is 0 Å². The van der Waals surface area contributed by atoms with Crippen LogP contribution in [-0.2, 0) is 0 Å². The van der Waals surface area contributed by atoms with Crippen LogP contribution in [0.2, 0.25) is 0 Å². The molecule has 0 bridgehead atoms. The van der Waals surface area contributed by atoms with Crippen LogP contribution in [0.5, 0.6) is 0 Å². The largest absolute Gasteiger partial charge is 0.237 e. The minimum Gasteiger partial charge on any atom is -0.237 e. The monoisotopic (exact) mass is 225 g/mol. The van der Waals surface area contributed by atoms with Crippen LogP contribution in [0, 0.1) is 0 Å². The molecule has 2 saturated carbocycles. The molecule has 0 amide bonds. The Morgan fingerprint density at radius 3 is 2.53 bits per heavy atom. The molecule has 0 N–H and O–H groups in total. The molecule has 0 spiro atoms. The fourth-order valence-electron chi connectivity index (χ4n) is 2.33. The van der Waals surface area contributed by atoms with Gasteiger partial charge in [-0.2, -0.15) is 5.10 Å². The average molecular weight is 225 g/mol. The number of pyridine rings is 1. The third-order valence-electron chi connectivity index (χ3n) is 3.61. The molecular weight excluding hydrogens is 210 g/mol. The highest BCUT2D eigenvalue weighted by molar-refractivity contribution is 5.32. The van der Waals surface area contributed by atoms with Crippen LogP contribution < -0.4 is 0 Å². The van der Waals surface area contributed by atoms with Gasteiger partial charge in [0.1, 0.15) is 0 Å². The summed E-state index contributed by atoms with van der Waals surface area (Å²) in [6, 6.07) is 8.32. The summed E-state index contributed by atoms with van der Waals surface area (Å²) in [4.78, 5) is 4.41. The average Bonchev–Trinajstić information content (AvgIpc) is 3.28. The van der Waals surface area contributed by atoms with Crippen molar-refractivity contribution in [3.8, 4) is 5.82 Å². The molecular formula is C14H15N3. The van der Waals surface area contributed by atoms with Crippen molar-refractivity contribution in [1.82, 2.24) is 14.8 Å². The SMILES string of the molecule is c1ccc(-n2nc(C3CC3)cc2C2CC2)nc1. The lowest BCUT2D eigenvalue weighted by atomic mass is 10.2. The normalized spacial score (nSPS) is 19.5. The van der Waals surface area contributed by atoms with Gasteiger partial charge in [-0.15, -0.1) is 0 Å². The maximum Gasteiger partial charge on any atom is 0.153 e. The van der Waals surface area contributed by atoms with Gasteiger partial charge in [0, 0.05) is 23.7 Å². The van der Waals surface area contributed by atoms with Crippen LogP contribution in [-0.4, -0.2) is 14.8 Å². The summed E-state index contributed by atoms with van der Waals surface area (Å²) in [6.07, 6.45) is 7.07. The van der Waals surface area contributed by atoms with Crippen LogP contribution in [0.3, 0.4) is 0 Å². The summed E-state index contributed by atoms with van der Waals surface area (Å²) in [5.74, 6) is 2.40. The number of aromatic nitrogens is 3. The van der Waals surface area contributed by atoms with Gasteiger partial charge in [-0.3, -0.25) is 0 Å². The van der Waals surface area contributed by atoms with Gasteiger partial charge in [-0.05, 0) is 43.9 Å². The Bertz CT molecular complexity index is 536. The first-order valence-corrected chi connectivity index (χ1v) is 6.43. The number of rotatable bonds is 3. The third kappa shape index (κ3) is 1.66. The molecule has 2 aliphatic rings. The van der Waals surface area contributed by atoms with E-state index in [1.807, 2.05) is 24.4 Å². The minimum atomic E-state index is 0.719. The molecule has 86 valence electrons. The van der Waals surface area contributed by atoms with Crippen molar-refractivity contribution in [2.24, 2.45) is 0 Å². The van der Waals surface area contributed by atoms with Crippen LogP contribution in [0.15, 0.2) is 30.5 Å². The molecule has 2 fully saturated rings. The Kier molecular flexibility index (Phi) is 1.89. The molecule has 3 heteroatoms. The van der Waals surface area contributed by atoms with E-state index in [-0.39, 0.29) is 0 Å². The van der Waals surface area contributed by atoms with Crippen molar-refractivity contribution in [3.05, 3.63) is 41.9 Å². The molecule has 0 radical (unpaired) electrons. The molecule has 0 aliphatic heterocycles. The molecule has 0 unspecified atom stereocenters. The maximum atomic E-state index is 4.76. The van der Waals surface area contributed by atoms with E-state index in [9.17, 15) is 0 Å². The number of hydrogen-bond donors (Lipinski definition) is 0. The topological polar surface area (TPSA) is 30.7 Å².